The lowest BCUT2D eigenvalue weighted by atomic mass is 10.3. The van der Waals surface area contributed by atoms with Gasteiger partial charge in [0.15, 0.2) is 6.04 Å². The first-order chi connectivity index (χ1) is 5.66. The summed E-state index contributed by atoms with van der Waals surface area (Å²) < 4.78 is 6.16. The highest BCUT2D eigenvalue weighted by Crippen LogP contribution is 2.07. The van der Waals surface area contributed by atoms with Crippen LogP contribution in [0.5, 0.6) is 0 Å². The quantitative estimate of drug-likeness (QED) is 0.611. The van der Waals surface area contributed by atoms with Gasteiger partial charge in [0.25, 0.3) is 0 Å². The zero-order chi connectivity index (χ0) is 9.14. The molecule has 1 atom stereocenters. The lowest BCUT2D eigenvalue weighted by Crippen LogP contribution is -2.25. The number of aryl methyl sites for hydroxylation is 1. The summed E-state index contributed by atoms with van der Waals surface area (Å²) in [6, 6.07) is -0.796. The SMILES string of the molecule is COC(=O)C(N)c1nccn1C. The fourth-order valence-corrected chi connectivity index (χ4v) is 0.909. The van der Waals surface area contributed by atoms with Crippen molar-refractivity contribution in [1.29, 1.82) is 0 Å². The number of carbonyl (C=O) groups is 1. The Balaban J connectivity index is 2.84. The van der Waals surface area contributed by atoms with E-state index in [0.717, 1.165) is 0 Å². The standard InChI is InChI=1S/C7H11N3O2/c1-10-4-3-9-6(10)5(8)7(11)12-2/h3-5H,8H2,1-2H3. The Morgan fingerprint density at radius 2 is 2.50 bits per heavy atom. The van der Waals surface area contributed by atoms with Gasteiger partial charge in [-0.05, 0) is 0 Å². The molecule has 0 aliphatic heterocycles. The van der Waals surface area contributed by atoms with Crippen LogP contribution in [0.4, 0.5) is 0 Å². The predicted molar refractivity (Wildman–Crippen MR) is 42.2 cm³/mol. The molecule has 1 rings (SSSR count). The summed E-state index contributed by atoms with van der Waals surface area (Å²) in [6.45, 7) is 0. The summed E-state index contributed by atoms with van der Waals surface area (Å²) in [4.78, 5) is 14.9. The predicted octanol–water partition coefficient (Wildman–Crippen LogP) is -0.407. The monoisotopic (exact) mass is 169 g/mol. The van der Waals surface area contributed by atoms with Crippen LogP contribution in [0.15, 0.2) is 12.4 Å². The molecule has 1 heterocycles. The van der Waals surface area contributed by atoms with E-state index in [1.54, 1.807) is 24.0 Å². The van der Waals surface area contributed by atoms with Crippen molar-refractivity contribution in [3.05, 3.63) is 18.2 Å². The van der Waals surface area contributed by atoms with E-state index in [1.807, 2.05) is 0 Å². The lowest BCUT2D eigenvalue weighted by molar-refractivity contribution is -0.142. The van der Waals surface area contributed by atoms with Crippen molar-refractivity contribution in [1.82, 2.24) is 9.55 Å². The smallest absolute Gasteiger partial charge is 0.330 e. The van der Waals surface area contributed by atoms with Gasteiger partial charge in [0.2, 0.25) is 0 Å². The van der Waals surface area contributed by atoms with Crippen molar-refractivity contribution in [3.8, 4) is 0 Å². The van der Waals surface area contributed by atoms with Crippen LogP contribution in [0.2, 0.25) is 0 Å². The summed E-state index contributed by atoms with van der Waals surface area (Å²) >= 11 is 0. The Morgan fingerprint density at radius 1 is 1.83 bits per heavy atom. The van der Waals surface area contributed by atoms with Crippen LogP contribution >= 0.6 is 0 Å². The van der Waals surface area contributed by atoms with Crippen molar-refractivity contribution >= 4 is 5.97 Å². The minimum Gasteiger partial charge on any atom is -0.468 e. The molecule has 5 heteroatoms. The van der Waals surface area contributed by atoms with Gasteiger partial charge in [-0.1, -0.05) is 0 Å². The van der Waals surface area contributed by atoms with Crippen LogP contribution in [-0.4, -0.2) is 22.6 Å². The highest BCUT2D eigenvalue weighted by Gasteiger charge is 2.19. The first kappa shape index (κ1) is 8.73. The molecule has 0 aliphatic rings. The first-order valence-corrected chi connectivity index (χ1v) is 3.47. The van der Waals surface area contributed by atoms with E-state index >= 15 is 0 Å². The number of imidazole rings is 1. The number of nitrogens with two attached hydrogens (primary N) is 1. The van der Waals surface area contributed by atoms with Crippen LogP contribution in [0.25, 0.3) is 0 Å². The van der Waals surface area contributed by atoms with E-state index in [2.05, 4.69) is 9.72 Å². The maximum atomic E-state index is 11.0. The third kappa shape index (κ3) is 1.45. The molecule has 0 aliphatic carbocycles. The fourth-order valence-electron chi connectivity index (χ4n) is 0.909. The third-order valence-corrected chi connectivity index (χ3v) is 1.59. The molecule has 12 heavy (non-hydrogen) atoms. The van der Waals surface area contributed by atoms with Gasteiger partial charge in [-0.15, -0.1) is 0 Å². The summed E-state index contributed by atoms with van der Waals surface area (Å²) in [7, 11) is 3.07. The normalized spacial score (nSPS) is 12.6. The number of hydrogen-bond acceptors (Lipinski definition) is 4. The van der Waals surface area contributed by atoms with Gasteiger partial charge >= 0.3 is 5.97 Å². The molecule has 2 N–H and O–H groups in total. The van der Waals surface area contributed by atoms with E-state index in [9.17, 15) is 4.79 Å². The number of methoxy groups -OCH3 is 1. The van der Waals surface area contributed by atoms with Crippen molar-refractivity contribution in [2.24, 2.45) is 12.8 Å². The minimum absolute atomic E-state index is 0.482. The molecule has 1 aromatic rings. The van der Waals surface area contributed by atoms with Crippen molar-refractivity contribution < 1.29 is 9.53 Å². The number of hydrogen-bond donors (Lipinski definition) is 1. The molecule has 5 nitrogen and oxygen atoms in total. The Bertz CT molecular complexity index is 282. The largest absolute Gasteiger partial charge is 0.468 e. The number of carbonyl (C=O) groups excluding carboxylic acids is 1. The maximum absolute atomic E-state index is 11.0. The molecule has 0 aromatic carbocycles. The average Bonchev–Trinajstić information content (AvgIpc) is 2.48. The Morgan fingerprint density at radius 3 is 2.92 bits per heavy atom. The van der Waals surface area contributed by atoms with Crippen molar-refractivity contribution in [2.45, 2.75) is 6.04 Å². The second-order valence-corrected chi connectivity index (χ2v) is 2.40. The van der Waals surface area contributed by atoms with Gasteiger partial charge in [0.1, 0.15) is 5.82 Å². The molecule has 1 aromatic heterocycles. The summed E-state index contributed by atoms with van der Waals surface area (Å²) in [5.41, 5.74) is 5.54. The minimum atomic E-state index is -0.796. The zero-order valence-corrected chi connectivity index (χ0v) is 7.02. The molecule has 0 radical (unpaired) electrons. The van der Waals surface area contributed by atoms with E-state index in [-0.39, 0.29) is 0 Å². The van der Waals surface area contributed by atoms with Gasteiger partial charge in [-0.3, -0.25) is 0 Å². The number of esters is 1. The third-order valence-electron chi connectivity index (χ3n) is 1.59. The molecule has 0 fully saturated rings. The molecule has 0 saturated carbocycles. The molecule has 0 bridgehead atoms. The van der Waals surface area contributed by atoms with Crippen molar-refractivity contribution in [3.63, 3.8) is 0 Å². The second kappa shape index (κ2) is 3.36. The fraction of sp³-hybridized carbons (Fsp3) is 0.429. The Kier molecular flexibility index (Phi) is 2.44. The highest BCUT2D eigenvalue weighted by molar-refractivity contribution is 5.76. The van der Waals surface area contributed by atoms with Gasteiger partial charge < -0.3 is 15.0 Å². The van der Waals surface area contributed by atoms with Crippen LogP contribution in [0.1, 0.15) is 11.9 Å². The van der Waals surface area contributed by atoms with Gasteiger partial charge in [0.05, 0.1) is 7.11 Å². The van der Waals surface area contributed by atoms with Crippen LogP contribution in [0.3, 0.4) is 0 Å². The van der Waals surface area contributed by atoms with E-state index in [4.69, 9.17) is 5.73 Å². The first-order valence-electron chi connectivity index (χ1n) is 3.47. The Hall–Kier alpha value is -1.36. The van der Waals surface area contributed by atoms with E-state index < -0.39 is 12.0 Å². The molecule has 66 valence electrons. The van der Waals surface area contributed by atoms with Crippen molar-refractivity contribution in [2.75, 3.05) is 7.11 Å². The number of aromatic nitrogens is 2. The Labute approximate surface area is 70.1 Å². The summed E-state index contributed by atoms with van der Waals surface area (Å²) in [6.07, 6.45) is 3.30. The van der Waals surface area contributed by atoms with Crippen LogP contribution < -0.4 is 5.73 Å². The topological polar surface area (TPSA) is 70.1 Å². The second-order valence-electron chi connectivity index (χ2n) is 2.40. The van der Waals surface area contributed by atoms with Crippen LogP contribution in [-0.2, 0) is 16.6 Å². The van der Waals surface area contributed by atoms with Gasteiger partial charge in [-0.25, -0.2) is 9.78 Å². The van der Waals surface area contributed by atoms with Gasteiger partial charge in [0, 0.05) is 19.4 Å². The molecule has 0 spiro atoms. The number of ether oxygens (including phenoxy) is 1. The average molecular weight is 169 g/mol. The zero-order valence-electron chi connectivity index (χ0n) is 7.02. The molecule has 0 amide bonds. The maximum Gasteiger partial charge on any atom is 0.330 e. The number of rotatable bonds is 2. The molecular weight excluding hydrogens is 158 g/mol. The highest BCUT2D eigenvalue weighted by atomic mass is 16.5. The molecule has 1 unspecified atom stereocenters. The molecular formula is C7H11N3O2. The summed E-state index contributed by atoms with van der Waals surface area (Å²) in [5, 5.41) is 0. The van der Waals surface area contributed by atoms with Crippen LogP contribution in [0, 0.1) is 0 Å². The van der Waals surface area contributed by atoms with E-state index in [1.165, 1.54) is 7.11 Å². The molecule has 0 saturated heterocycles. The lowest BCUT2D eigenvalue weighted by Gasteiger charge is -2.08. The summed E-state index contributed by atoms with van der Waals surface area (Å²) in [5.74, 6) is 0.0196. The number of nitrogens with zero attached hydrogens (tertiary/aromatic N) is 2. The van der Waals surface area contributed by atoms with E-state index in [0.29, 0.717) is 5.82 Å². The van der Waals surface area contributed by atoms with Gasteiger partial charge in [-0.2, -0.15) is 0 Å².